The first-order valence-corrected chi connectivity index (χ1v) is 8.71. The van der Waals surface area contributed by atoms with E-state index in [0.29, 0.717) is 39.9 Å². The van der Waals surface area contributed by atoms with Crippen LogP contribution in [0.1, 0.15) is 12.0 Å². The summed E-state index contributed by atoms with van der Waals surface area (Å²) in [5.74, 6) is 3.67. The summed E-state index contributed by atoms with van der Waals surface area (Å²) >= 11 is 1.32. The molecule has 0 fully saturated rings. The summed E-state index contributed by atoms with van der Waals surface area (Å²) in [6.07, 6.45) is 7.12. The highest BCUT2D eigenvalue weighted by Crippen LogP contribution is 2.41. The Kier molecular flexibility index (Phi) is 4.21. The largest absolute Gasteiger partial charge is 0.454 e. The molecule has 0 unspecified atom stereocenters. The molecule has 136 valence electrons. The monoisotopic (exact) mass is 382 g/mol. The first-order chi connectivity index (χ1) is 13.1. The summed E-state index contributed by atoms with van der Waals surface area (Å²) in [4.78, 5) is 24.8. The van der Waals surface area contributed by atoms with Crippen molar-refractivity contribution in [2.75, 3.05) is 12.5 Å². The molecule has 1 amide bonds. The van der Waals surface area contributed by atoms with Crippen LogP contribution in [0.2, 0.25) is 0 Å². The van der Waals surface area contributed by atoms with Gasteiger partial charge < -0.3 is 25.5 Å². The maximum atomic E-state index is 11.3. The van der Waals surface area contributed by atoms with Crippen LogP contribution in [0.5, 0.6) is 11.5 Å². The number of nitrogens with two attached hydrogens (primary N) is 2. The van der Waals surface area contributed by atoms with Crippen molar-refractivity contribution in [3.63, 3.8) is 0 Å². The number of imidazole rings is 1. The smallest absolute Gasteiger partial charge is 0.231 e. The fraction of sp³-hybridized carbons (Fsp3) is 0.176. The molecular formula is C17H14N6O3S. The molecule has 9 nitrogen and oxygen atoms in total. The minimum atomic E-state index is -0.428. The second-order valence-corrected chi connectivity index (χ2v) is 6.65. The maximum absolute atomic E-state index is 11.3. The van der Waals surface area contributed by atoms with E-state index in [4.69, 9.17) is 27.4 Å². The highest BCUT2D eigenvalue weighted by molar-refractivity contribution is 7.99. The van der Waals surface area contributed by atoms with Crippen molar-refractivity contribution in [3.8, 4) is 23.8 Å². The Morgan fingerprint density at radius 1 is 1.33 bits per heavy atom. The van der Waals surface area contributed by atoms with Gasteiger partial charge in [0.15, 0.2) is 33.6 Å². The van der Waals surface area contributed by atoms with Crippen molar-refractivity contribution in [2.45, 2.75) is 23.0 Å². The van der Waals surface area contributed by atoms with Crippen molar-refractivity contribution < 1.29 is 14.3 Å². The topological polar surface area (TPSA) is 131 Å². The van der Waals surface area contributed by atoms with Crippen LogP contribution in [-0.2, 0) is 11.3 Å². The summed E-state index contributed by atoms with van der Waals surface area (Å²) in [6.45, 7) is 0.456. The molecule has 3 aromatic rings. The van der Waals surface area contributed by atoms with Gasteiger partial charge in [-0.1, -0.05) is 17.7 Å². The van der Waals surface area contributed by atoms with E-state index in [1.54, 1.807) is 16.7 Å². The van der Waals surface area contributed by atoms with Gasteiger partial charge in [-0.05, 0) is 6.07 Å². The van der Waals surface area contributed by atoms with Crippen LogP contribution in [0.3, 0.4) is 0 Å². The molecule has 3 heterocycles. The SMILES string of the molecule is C#Cc1cc2c(cc1Sc1nc3c(N)ncnc3n1CCC(N)=O)OCO2. The first-order valence-electron chi connectivity index (χ1n) is 7.90. The van der Waals surface area contributed by atoms with E-state index in [0.717, 1.165) is 4.90 Å². The zero-order chi connectivity index (χ0) is 19.0. The average Bonchev–Trinajstić information content (AvgIpc) is 3.24. The number of terminal acetylenes is 1. The Balaban J connectivity index is 1.80. The number of nitrogens with zero attached hydrogens (tertiary/aromatic N) is 4. The lowest BCUT2D eigenvalue weighted by Gasteiger charge is -2.09. The summed E-state index contributed by atoms with van der Waals surface area (Å²) in [7, 11) is 0. The fourth-order valence-corrected chi connectivity index (χ4v) is 3.67. The average molecular weight is 382 g/mol. The zero-order valence-corrected chi connectivity index (χ0v) is 14.8. The van der Waals surface area contributed by atoms with Gasteiger partial charge in [0.05, 0.1) is 0 Å². The Morgan fingerprint density at radius 2 is 2.11 bits per heavy atom. The van der Waals surface area contributed by atoms with E-state index in [-0.39, 0.29) is 19.0 Å². The van der Waals surface area contributed by atoms with Gasteiger partial charge in [0.2, 0.25) is 12.7 Å². The lowest BCUT2D eigenvalue weighted by molar-refractivity contribution is -0.118. The molecule has 1 aliphatic rings. The van der Waals surface area contributed by atoms with Crippen LogP contribution >= 0.6 is 11.8 Å². The molecule has 0 radical (unpaired) electrons. The third-order valence-electron chi connectivity index (χ3n) is 3.94. The van der Waals surface area contributed by atoms with E-state index in [1.807, 2.05) is 0 Å². The van der Waals surface area contributed by atoms with Crippen LogP contribution in [0, 0.1) is 12.3 Å². The number of anilines is 1. The predicted octanol–water partition coefficient (Wildman–Crippen LogP) is 1.15. The lowest BCUT2D eigenvalue weighted by atomic mass is 10.2. The molecule has 2 aromatic heterocycles. The van der Waals surface area contributed by atoms with Crippen molar-refractivity contribution in [1.29, 1.82) is 0 Å². The molecular weight excluding hydrogens is 368 g/mol. The minimum absolute atomic E-state index is 0.131. The quantitative estimate of drug-likeness (QED) is 0.628. The number of nitrogen functional groups attached to an aromatic ring is 1. The van der Waals surface area contributed by atoms with Gasteiger partial charge in [-0.3, -0.25) is 4.79 Å². The van der Waals surface area contributed by atoms with E-state index in [1.165, 1.54) is 18.1 Å². The van der Waals surface area contributed by atoms with E-state index in [2.05, 4.69) is 20.9 Å². The van der Waals surface area contributed by atoms with Crippen molar-refractivity contribution in [3.05, 3.63) is 24.0 Å². The molecule has 1 aliphatic heterocycles. The third-order valence-corrected chi connectivity index (χ3v) is 4.99. The Morgan fingerprint density at radius 3 is 2.85 bits per heavy atom. The number of primary amides is 1. The number of hydrogen-bond acceptors (Lipinski definition) is 8. The maximum Gasteiger partial charge on any atom is 0.231 e. The number of aromatic nitrogens is 4. The second-order valence-electron chi connectivity index (χ2n) is 5.64. The van der Waals surface area contributed by atoms with Crippen molar-refractivity contribution in [2.24, 2.45) is 5.73 Å². The van der Waals surface area contributed by atoms with Crippen LogP contribution < -0.4 is 20.9 Å². The molecule has 1 aromatic carbocycles. The van der Waals surface area contributed by atoms with Crippen molar-refractivity contribution >= 4 is 34.7 Å². The first kappa shape index (κ1) is 17.0. The molecule has 0 saturated heterocycles. The zero-order valence-electron chi connectivity index (χ0n) is 14.0. The molecule has 10 heteroatoms. The van der Waals surface area contributed by atoms with Crippen LogP contribution in [-0.4, -0.2) is 32.2 Å². The highest BCUT2D eigenvalue weighted by Gasteiger charge is 2.21. The molecule has 0 saturated carbocycles. The number of carbonyl (C=O) groups is 1. The lowest BCUT2D eigenvalue weighted by Crippen LogP contribution is -2.14. The van der Waals surface area contributed by atoms with E-state index < -0.39 is 5.91 Å². The normalized spacial score (nSPS) is 12.3. The third kappa shape index (κ3) is 3.09. The number of benzene rings is 1. The number of ether oxygens (including phenoxy) is 2. The van der Waals surface area contributed by atoms with Gasteiger partial charge in [-0.2, -0.15) is 0 Å². The number of carbonyl (C=O) groups excluding carboxylic acids is 1. The molecule has 0 spiro atoms. The minimum Gasteiger partial charge on any atom is -0.454 e. The van der Waals surface area contributed by atoms with E-state index in [9.17, 15) is 4.79 Å². The van der Waals surface area contributed by atoms with Crippen LogP contribution in [0.25, 0.3) is 11.2 Å². The molecule has 4 N–H and O–H groups in total. The number of fused-ring (bicyclic) bond motifs is 2. The standard InChI is InChI=1S/C17H14N6O3S/c1-2-9-5-10-11(26-8-25-10)6-12(9)27-17-22-14-15(19)20-7-21-16(14)23(17)4-3-13(18)24/h1,5-7H,3-4,8H2,(H2,18,24)(H2,19,20,21). The van der Waals surface area contributed by atoms with Gasteiger partial charge in [-0.25, -0.2) is 15.0 Å². The summed E-state index contributed by atoms with van der Waals surface area (Å²) in [6, 6.07) is 3.55. The molecule has 27 heavy (non-hydrogen) atoms. The molecule has 4 rings (SSSR count). The van der Waals surface area contributed by atoms with Crippen LogP contribution in [0.4, 0.5) is 5.82 Å². The van der Waals surface area contributed by atoms with Crippen LogP contribution in [0.15, 0.2) is 28.5 Å². The number of hydrogen-bond donors (Lipinski definition) is 2. The Labute approximate surface area is 158 Å². The summed E-state index contributed by atoms with van der Waals surface area (Å²) in [5.41, 5.74) is 12.8. The Bertz CT molecular complexity index is 1100. The molecule has 0 bridgehead atoms. The van der Waals surface area contributed by atoms with E-state index >= 15 is 0 Å². The molecule has 0 atom stereocenters. The van der Waals surface area contributed by atoms with Gasteiger partial charge in [0.25, 0.3) is 0 Å². The fourth-order valence-electron chi connectivity index (χ4n) is 2.65. The van der Waals surface area contributed by atoms with Gasteiger partial charge in [-0.15, -0.1) is 6.42 Å². The highest BCUT2D eigenvalue weighted by atomic mass is 32.2. The number of aryl methyl sites for hydroxylation is 1. The van der Waals surface area contributed by atoms with Gasteiger partial charge >= 0.3 is 0 Å². The Hall–Kier alpha value is -3.45. The number of amides is 1. The molecule has 0 aliphatic carbocycles. The number of rotatable bonds is 5. The van der Waals surface area contributed by atoms with Gasteiger partial charge in [0, 0.05) is 29.5 Å². The summed E-state index contributed by atoms with van der Waals surface area (Å²) in [5, 5.41) is 0.564. The van der Waals surface area contributed by atoms with Gasteiger partial charge in [0.1, 0.15) is 6.33 Å². The predicted molar refractivity (Wildman–Crippen MR) is 98.2 cm³/mol. The second kappa shape index (κ2) is 6.69. The summed E-state index contributed by atoms with van der Waals surface area (Å²) < 4.78 is 12.6. The van der Waals surface area contributed by atoms with Crippen molar-refractivity contribution in [1.82, 2.24) is 19.5 Å².